The van der Waals surface area contributed by atoms with Crippen LogP contribution in [0.1, 0.15) is 37.7 Å². The average molecular weight is 205 g/mol. The Hall–Kier alpha value is -1.38. The van der Waals surface area contributed by atoms with Crippen LogP contribution in [0.15, 0.2) is 15.7 Å². The van der Waals surface area contributed by atoms with E-state index in [1.807, 2.05) is 6.08 Å². The third-order valence-electron chi connectivity index (χ3n) is 3.17. The van der Waals surface area contributed by atoms with Gasteiger partial charge in [0.05, 0.1) is 11.3 Å². The van der Waals surface area contributed by atoms with Crippen molar-refractivity contribution in [2.45, 2.75) is 32.1 Å². The molecular weight excluding hydrogens is 190 g/mol. The van der Waals surface area contributed by atoms with E-state index in [0.717, 1.165) is 0 Å². The first kappa shape index (κ1) is 10.1. The largest absolute Gasteiger partial charge is 0.395 e. The Morgan fingerprint density at radius 2 is 1.73 bits per heavy atom. The number of rotatable bonds is 2. The van der Waals surface area contributed by atoms with Crippen LogP contribution in [-0.2, 0) is 0 Å². The molecule has 3 heteroatoms. The van der Waals surface area contributed by atoms with Crippen molar-refractivity contribution >= 4 is 11.8 Å². The van der Waals surface area contributed by atoms with Gasteiger partial charge in [-0.15, -0.1) is 0 Å². The van der Waals surface area contributed by atoms with Crippen molar-refractivity contribution in [1.82, 2.24) is 0 Å². The SMILES string of the molecule is Nc1c(C=CC2CCCCC2)c(=O)c1=O. The Morgan fingerprint density at radius 1 is 1.07 bits per heavy atom. The lowest BCUT2D eigenvalue weighted by atomic mass is 9.88. The van der Waals surface area contributed by atoms with Crippen LogP contribution in [0.2, 0.25) is 0 Å². The third kappa shape index (κ3) is 1.87. The van der Waals surface area contributed by atoms with E-state index in [0.29, 0.717) is 11.5 Å². The van der Waals surface area contributed by atoms with Gasteiger partial charge in [0.1, 0.15) is 0 Å². The zero-order chi connectivity index (χ0) is 10.8. The van der Waals surface area contributed by atoms with Crippen molar-refractivity contribution in [3.8, 4) is 0 Å². The topological polar surface area (TPSA) is 60.2 Å². The monoisotopic (exact) mass is 205 g/mol. The highest BCUT2D eigenvalue weighted by molar-refractivity contribution is 5.68. The number of hydrogen-bond donors (Lipinski definition) is 1. The van der Waals surface area contributed by atoms with Crippen LogP contribution in [0.5, 0.6) is 0 Å². The van der Waals surface area contributed by atoms with Gasteiger partial charge < -0.3 is 5.73 Å². The molecule has 0 heterocycles. The van der Waals surface area contributed by atoms with E-state index in [1.165, 1.54) is 32.1 Å². The van der Waals surface area contributed by atoms with E-state index < -0.39 is 10.9 Å². The highest BCUT2D eigenvalue weighted by atomic mass is 16.2. The van der Waals surface area contributed by atoms with Crippen LogP contribution < -0.4 is 16.6 Å². The molecule has 1 aliphatic rings. The Bertz CT molecular complexity index is 446. The molecule has 0 saturated heterocycles. The van der Waals surface area contributed by atoms with Crippen molar-refractivity contribution in [2.24, 2.45) is 5.92 Å². The highest BCUT2D eigenvalue weighted by Crippen LogP contribution is 2.25. The molecular formula is C12H15NO2. The molecule has 15 heavy (non-hydrogen) atoms. The minimum atomic E-state index is -0.529. The molecule has 80 valence electrons. The fraction of sp³-hybridized carbons (Fsp3) is 0.500. The molecule has 0 aromatic heterocycles. The van der Waals surface area contributed by atoms with Gasteiger partial charge in [0.2, 0.25) is 10.9 Å². The van der Waals surface area contributed by atoms with Crippen LogP contribution in [-0.4, -0.2) is 0 Å². The Balaban J connectivity index is 2.05. The molecule has 1 fully saturated rings. The smallest absolute Gasteiger partial charge is 0.249 e. The number of anilines is 1. The minimum absolute atomic E-state index is 0.132. The maximum atomic E-state index is 11.1. The second kappa shape index (κ2) is 4.01. The highest BCUT2D eigenvalue weighted by Gasteiger charge is 2.16. The van der Waals surface area contributed by atoms with Crippen molar-refractivity contribution in [2.75, 3.05) is 5.73 Å². The average Bonchev–Trinajstić information content (AvgIpc) is 2.30. The summed E-state index contributed by atoms with van der Waals surface area (Å²) in [4.78, 5) is 22.0. The van der Waals surface area contributed by atoms with Crippen LogP contribution >= 0.6 is 0 Å². The van der Waals surface area contributed by atoms with Crippen LogP contribution in [0.3, 0.4) is 0 Å². The van der Waals surface area contributed by atoms with Gasteiger partial charge in [-0.3, -0.25) is 9.59 Å². The maximum absolute atomic E-state index is 11.1. The zero-order valence-corrected chi connectivity index (χ0v) is 8.66. The summed E-state index contributed by atoms with van der Waals surface area (Å²) in [6, 6.07) is 0. The summed E-state index contributed by atoms with van der Waals surface area (Å²) in [6.45, 7) is 0. The molecule has 0 bridgehead atoms. The van der Waals surface area contributed by atoms with Gasteiger partial charge in [-0.25, -0.2) is 0 Å². The molecule has 1 aliphatic carbocycles. The van der Waals surface area contributed by atoms with E-state index in [4.69, 9.17) is 5.73 Å². The van der Waals surface area contributed by atoms with E-state index >= 15 is 0 Å². The fourth-order valence-corrected chi connectivity index (χ4v) is 2.15. The van der Waals surface area contributed by atoms with Crippen molar-refractivity contribution in [1.29, 1.82) is 0 Å². The summed E-state index contributed by atoms with van der Waals surface area (Å²) < 4.78 is 0. The second-order valence-electron chi connectivity index (χ2n) is 4.24. The van der Waals surface area contributed by atoms with Crippen LogP contribution in [0.25, 0.3) is 6.08 Å². The molecule has 1 aromatic carbocycles. The first-order valence-electron chi connectivity index (χ1n) is 5.47. The maximum Gasteiger partial charge on any atom is 0.249 e. The summed E-state index contributed by atoms with van der Waals surface area (Å²) in [7, 11) is 0. The molecule has 3 nitrogen and oxygen atoms in total. The van der Waals surface area contributed by atoms with E-state index in [9.17, 15) is 9.59 Å². The Kier molecular flexibility index (Phi) is 2.71. The molecule has 1 saturated carbocycles. The number of allylic oxidation sites excluding steroid dienone is 1. The first-order chi connectivity index (χ1) is 7.20. The normalized spacial score (nSPS) is 18.9. The lowest BCUT2D eigenvalue weighted by Crippen LogP contribution is -2.36. The quantitative estimate of drug-likeness (QED) is 0.743. The van der Waals surface area contributed by atoms with Gasteiger partial charge in [-0.05, 0) is 18.8 Å². The summed E-state index contributed by atoms with van der Waals surface area (Å²) >= 11 is 0. The number of hydrogen-bond acceptors (Lipinski definition) is 3. The van der Waals surface area contributed by atoms with Gasteiger partial charge >= 0.3 is 0 Å². The molecule has 0 amide bonds. The lowest BCUT2D eigenvalue weighted by Gasteiger charge is -2.17. The fourth-order valence-electron chi connectivity index (χ4n) is 2.15. The molecule has 0 unspecified atom stereocenters. The zero-order valence-electron chi connectivity index (χ0n) is 8.66. The molecule has 1 aromatic rings. The second-order valence-corrected chi connectivity index (χ2v) is 4.24. The molecule has 0 aliphatic heterocycles. The predicted octanol–water partition coefficient (Wildman–Crippen LogP) is 1.46. The van der Waals surface area contributed by atoms with Crippen molar-refractivity contribution in [3.63, 3.8) is 0 Å². The van der Waals surface area contributed by atoms with Gasteiger partial charge in [-0.2, -0.15) is 0 Å². The third-order valence-corrected chi connectivity index (χ3v) is 3.17. The summed E-state index contributed by atoms with van der Waals surface area (Å²) in [5.41, 5.74) is 5.01. The summed E-state index contributed by atoms with van der Waals surface area (Å²) in [5.74, 6) is 0.558. The molecule has 2 rings (SSSR count). The van der Waals surface area contributed by atoms with E-state index in [-0.39, 0.29) is 5.69 Å². The first-order valence-corrected chi connectivity index (χ1v) is 5.47. The standard InChI is InChI=1S/C12H15NO2/c13-10-9(11(14)12(10)15)7-6-8-4-2-1-3-5-8/h6-8H,1-5,13H2. The van der Waals surface area contributed by atoms with Gasteiger partial charge in [0.25, 0.3) is 0 Å². The van der Waals surface area contributed by atoms with E-state index in [1.54, 1.807) is 6.08 Å². The number of nitrogen functional groups attached to an aromatic ring is 1. The van der Waals surface area contributed by atoms with Crippen molar-refractivity contribution in [3.05, 3.63) is 32.1 Å². The molecule has 0 radical (unpaired) electrons. The van der Waals surface area contributed by atoms with Gasteiger partial charge in [0.15, 0.2) is 0 Å². The Labute approximate surface area is 88.3 Å². The van der Waals surface area contributed by atoms with Crippen LogP contribution in [0, 0.1) is 5.92 Å². The van der Waals surface area contributed by atoms with Gasteiger partial charge in [0, 0.05) is 0 Å². The summed E-state index contributed by atoms with van der Waals surface area (Å²) in [5, 5.41) is 0. The molecule has 2 N–H and O–H groups in total. The van der Waals surface area contributed by atoms with Crippen LogP contribution in [0.4, 0.5) is 5.69 Å². The van der Waals surface area contributed by atoms with Crippen molar-refractivity contribution < 1.29 is 0 Å². The molecule has 0 atom stereocenters. The van der Waals surface area contributed by atoms with Gasteiger partial charge in [-0.1, -0.05) is 31.4 Å². The summed E-state index contributed by atoms with van der Waals surface area (Å²) in [6.07, 6.45) is 9.97. The minimum Gasteiger partial charge on any atom is -0.395 e. The number of nitrogens with two attached hydrogens (primary N) is 1. The lowest BCUT2D eigenvalue weighted by molar-refractivity contribution is 0.420. The van der Waals surface area contributed by atoms with E-state index in [2.05, 4.69) is 0 Å². The molecule has 0 spiro atoms. The Morgan fingerprint density at radius 3 is 2.33 bits per heavy atom. The predicted molar refractivity (Wildman–Crippen MR) is 61.4 cm³/mol.